The maximum Gasteiger partial charge on any atom is 0.339 e. The lowest BCUT2D eigenvalue weighted by Gasteiger charge is -2.34. The van der Waals surface area contributed by atoms with Crippen LogP contribution in [0.1, 0.15) is 46.6 Å². The summed E-state index contributed by atoms with van der Waals surface area (Å²) in [4.78, 5) is 4.97. The Labute approximate surface area is 219 Å². The first-order chi connectivity index (χ1) is 17.3. The Morgan fingerprint density at radius 2 is 1.65 bits per heavy atom. The van der Waals surface area contributed by atoms with E-state index in [4.69, 9.17) is 13.9 Å². The van der Waals surface area contributed by atoms with E-state index in [1.165, 1.54) is 19.2 Å². The lowest BCUT2D eigenvalue weighted by molar-refractivity contribution is 0.302. The van der Waals surface area contributed by atoms with Gasteiger partial charge in [-0.15, -0.1) is 0 Å². The first-order valence-corrected chi connectivity index (χ1v) is 13.6. The third kappa shape index (κ3) is 6.25. The Morgan fingerprint density at radius 1 is 0.946 bits per heavy atom. The van der Waals surface area contributed by atoms with Crippen LogP contribution in [0.5, 0.6) is 11.5 Å². The number of nitrogens with one attached hydrogen (secondary N) is 1. The number of pyridine rings is 1. The molecule has 2 heterocycles. The summed E-state index contributed by atoms with van der Waals surface area (Å²) in [5.41, 5.74) is 3.28. The molecule has 0 aliphatic carbocycles. The van der Waals surface area contributed by atoms with E-state index in [1.807, 2.05) is 35.7 Å². The molecule has 0 saturated carbocycles. The molecule has 1 N–H and O–H groups in total. The summed E-state index contributed by atoms with van der Waals surface area (Å²) in [6, 6.07) is 17.2. The number of aromatic nitrogens is 2. The predicted molar refractivity (Wildman–Crippen MR) is 148 cm³/mol. The number of imidazole rings is 1. The molecule has 0 amide bonds. The molecule has 0 radical (unpaired) electrons. The summed E-state index contributed by atoms with van der Waals surface area (Å²) in [5.74, 6) is 1.62. The highest BCUT2D eigenvalue weighted by Gasteiger charge is 2.28. The van der Waals surface area contributed by atoms with Crippen LogP contribution >= 0.6 is 0 Å². The quantitative estimate of drug-likeness (QED) is 0.259. The van der Waals surface area contributed by atoms with Crippen LogP contribution in [-0.4, -0.2) is 30.5 Å². The fourth-order valence-electron chi connectivity index (χ4n) is 4.77. The average molecular weight is 522 g/mol. The monoisotopic (exact) mass is 521 g/mol. The number of fused-ring (bicyclic) bond motifs is 1. The van der Waals surface area contributed by atoms with Crippen LogP contribution < -0.4 is 14.2 Å². The number of ether oxygens (including phenoxy) is 1. The van der Waals surface area contributed by atoms with E-state index < -0.39 is 10.1 Å². The third-order valence-corrected chi connectivity index (χ3v) is 7.13. The number of methoxy groups -OCH3 is 1. The number of hydrogen-bond donors (Lipinski definition) is 1. The van der Waals surface area contributed by atoms with Gasteiger partial charge >= 0.3 is 10.1 Å². The first-order valence-electron chi connectivity index (χ1n) is 12.2. The van der Waals surface area contributed by atoms with Crippen LogP contribution in [-0.2, 0) is 10.1 Å². The fourth-order valence-corrected chi connectivity index (χ4v) is 5.69. The van der Waals surface area contributed by atoms with Crippen molar-refractivity contribution in [2.45, 2.75) is 58.4 Å². The van der Waals surface area contributed by atoms with Crippen molar-refractivity contribution in [2.24, 2.45) is 5.41 Å². The molecule has 0 saturated heterocycles. The number of aryl methyl sites for hydroxylation is 1. The van der Waals surface area contributed by atoms with Crippen LogP contribution in [0.3, 0.4) is 0 Å². The van der Waals surface area contributed by atoms with Gasteiger partial charge in [-0.3, -0.25) is 4.40 Å². The molecular formula is C29H35N3O4S. The zero-order valence-electron chi connectivity index (χ0n) is 22.5. The molecule has 4 aromatic rings. The van der Waals surface area contributed by atoms with Gasteiger partial charge in [-0.25, -0.2) is 4.98 Å². The predicted octanol–water partition coefficient (Wildman–Crippen LogP) is 6.71. The molecule has 8 heteroatoms. The summed E-state index contributed by atoms with van der Waals surface area (Å²) in [5, 5.41) is 3.72. The summed E-state index contributed by atoms with van der Waals surface area (Å²) in [6.07, 6.45) is 2.94. The minimum Gasteiger partial charge on any atom is -0.497 e. The van der Waals surface area contributed by atoms with Gasteiger partial charge in [0.15, 0.2) is 0 Å². The van der Waals surface area contributed by atoms with Gasteiger partial charge in [-0.2, -0.15) is 8.42 Å². The van der Waals surface area contributed by atoms with Gasteiger partial charge in [-0.1, -0.05) is 32.9 Å². The smallest absolute Gasteiger partial charge is 0.339 e. The highest BCUT2D eigenvalue weighted by Crippen LogP contribution is 2.36. The van der Waals surface area contributed by atoms with E-state index in [-0.39, 0.29) is 21.6 Å². The summed E-state index contributed by atoms with van der Waals surface area (Å²) >= 11 is 0. The van der Waals surface area contributed by atoms with E-state index in [0.717, 1.165) is 34.7 Å². The Bertz CT molecular complexity index is 1520. The largest absolute Gasteiger partial charge is 0.497 e. The summed E-state index contributed by atoms with van der Waals surface area (Å²) in [7, 11) is -2.50. The van der Waals surface area contributed by atoms with Gasteiger partial charge < -0.3 is 14.2 Å². The van der Waals surface area contributed by atoms with Gasteiger partial charge in [0, 0.05) is 17.3 Å². The molecule has 0 spiro atoms. The number of hydrogen-bond acceptors (Lipinski definition) is 6. The molecule has 0 bridgehead atoms. The Kier molecular flexibility index (Phi) is 6.99. The second-order valence-electron chi connectivity index (χ2n) is 11.2. The zero-order chi connectivity index (χ0) is 27.0. The van der Waals surface area contributed by atoms with Crippen molar-refractivity contribution >= 4 is 21.6 Å². The van der Waals surface area contributed by atoms with E-state index in [2.05, 4.69) is 39.9 Å². The third-order valence-electron chi connectivity index (χ3n) is 5.87. The van der Waals surface area contributed by atoms with E-state index in [9.17, 15) is 8.42 Å². The van der Waals surface area contributed by atoms with E-state index in [0.29, 0.717) is 5.75 Å². The van der Waals surface area contributed by atoms with Crippen LogP contribution in [0.4, 0.5) is 5.82 Å². The normalized spacial score (nSPS) is 12.5. The number of benzene rings is 2. The van der Waals surface area contributed by atoms with Gasteiger partial charge in [0.2, 0.25) is 0 Å². The second kappa shape index (κ2) is 9.74. The molecular weight excluding hydrogens is 486 g/mol. The van der Waals surface area contributed by atoms with Crippen molar-refractivity contribution in [3.8, 4) is 22.8 Å². The SMILES string of the molecule is COc1ccc(S(=O)(=O)Oc2cccc(-c3nc4cc(C)ccn4c3NC(C)(C)CC(C)(C)C)c2)cc1. The number of nitrogens with zero attached hydrogens (tertiary/aromatic N) is 2. The Hall–Kier alpha value is -3.52. The molecule has 7 nitrogen and oxygen atoms in total. The van der Waals surface area contributed by atoms with Crippen molar-refractivity contribution in [1.29, 1.82) is 0 Å². The molecule has 0 atom stereocenters. The van der Waals surface area contributed by atoms with E-state index in [1.54, 1.807) is 30.3 Å². The molecule has 0 aliphatic rings. The molecule has 2 aromatic heterocycles. The van der Waals surface area contributed by atoms with Crippen LogP contribution in [0, 0.1) is 12.3 Å². The van der Waals surface area contributed by atoms with Crippen molar-refractivity contribution in [1.82, 2.24) is 9.38 Å². The molecule has 2 aromatic carbocycles. The zero-order valence-corrected chi connectivity index (χ0v) is 23.3. The fraction of sp³-hybridized carbons (Fsp3) is 0.345. The van der Waals surface area contributed by atoms with Gasteiger partial charge in [0.25, 0.3) is 0 Å². The van der Waals surface area contributed by atoms with Crippen molar-refractivity contribution in [2.75, 3.05) is 12.4 Å². The molecule has 37 heavy (non-hydrogen) atoms. The van der Waals surface area contributed by atoms with Crippen molar-refractivity contribution in [3.05, 3.63) is 72.4 Å². The van der Waals surface area contributed by atoms with Crippen molar-refractivity contribution in [3.63, 3.8) is 0 Å². The second-order valence-corrected chi connectivity index (χ2v) is 12.8. The van der Waals surface area contributed by atoms with E-state index >= 15 is 0 Å². The lowest BCUT2D eigenvalue weighted by atomic mass is 9.82. The topological polar surface area (TPSA) is 81.9 Å². The minimum atomic E-state index is -4.02. The van der Waals surface area contributed by atoms with Gasteiger partial charge in [0.05, 0.1) is 7.11 Å². The summed E-state index contributed by atoms with van der Waals surface area (Å²) < 4.78 is 38.5. The van der Waals surface area contributed by atoms with Crippen LogP contribution in [0.2, 0.25) is 0 Å². The maximum atomic E-state index is 12.9. The Morgan fingerprint density at radius 3 is 2.30 bits per heavy atom. The molecule has 0 fully saturated rings. The average Bonchev–Trinajstić information content (AvgIpc) is 3.14. The van der Waals surface area contributed by atoms with Gasteiger partial charge in [-0.05, 0) is 86.7 Å². The highest BCUT2D eigenvalue weighted by molar-refractivity contribution is 7.87. The molecule has 4 rings (SSSR count). The Balaban J connectivity index is 1.73. The molecule has 196 valence electrons. The van der Waals surface area contributed by atoms with Crippen LogP contribution in [0.25, 0.3) is 16.9 Å². The summed E-state index contributed by atoms with van der Waals surface area (Å²) in [6.45, 7) is 13.1. The number of anilines is 1. The first kappa shape index (κ1) is 26.5. The maximum absolute atomic E-state index is 12.9. The minimum absolute atomic E-state index is 0.0493. The highest BCUT2D eigenvalue weighted by atomic mass is 32.2. The van der Waals surface area contributed by atoms with Crippen LogP contribution in [0.15, 0.2) is 71.8 Å². The van der Waals surface area contributed by atoms with Gasteiger partial charge in [0.1, 0.15) is 33.6 Å². The molecule has 0 unspecified atom stereocenters. The molecule has 0 aliphatic heterocycles. The lowest BCUT2D eigenvalue weighted by Crippen LogP contribution is -2.36. The van der Waals surface area contributed by atoms with Crippen molar-refractivity contribution < 1.29 is 17.3 Å². The standard InChI is InChI=1S/C29H35N3O4S/c1-20-15-16-32-25(17-20)30-26(27(32)31-29(5,6)19-28(2,3)4)21-9-8-10-23(18-21)36-37(33,34)24-13-11-22(35-7)12-14-24/h8-18,31H,19H2,1-7H3. The number of rotatable bonds is 8.